The lowest BCUT2D eigenvalue weighted by atomic mass is 9.93. The first kappa shape index (κ1) is 30.0. The summed E-state index contributed by atoms with van der Waals surface area (Å²) in [6.45, 7) is 0. The molecule has 0 unspecified atom stereocenters. The number of thiophene rings is 1. The standard InChI is InChI=1S/C50H31NOS/c1-2-11-32(12-3-1)33-21-24-36(25-22-33)51(46-19-10-18-44-43-17-8-9-20-49(43)53-50(44)46)37-26-28-42-41-27-23-35(30-47(41)52-48(42)31-37)45-29-34-13-4-5-14-38(34)39-15-6-7-16-40(39)45/h1-31H. The van der Waals surface area contributed by atoms with Crippen LogP contribution in [0, 0.1) is 0 Å². The summed E-state index contributed by atoms with van der Waals surface area (Å²) < 4.78 is 9.32. The predicted octanol–water partition coefficient (Wildman–Crippen LogP) is 15.1. The van der Waals surface area contributed by atoms with Gasteiger partial charge in [0.1, 0.15) is 11.2 Å². The molecule has 11 aromatic rings. The first-order valence-electron chi connectivity index (χ1n) is 18.0. The summed E-state index contributed by atoms with van der Waals surface area (Å²) in [6, 6.07) is 67.8. The van der Waals surface area contributed by atoms with Crippen molar-refractivity contribution in [2.45, 2.75) is 0 Å². The molecule has 0 spiro atoms. The van der Waals surface area contributed by atoms with Gasteiger partial charge >= 0.3 is 0 Å². The Kier molecular flexibility index (Phi) is 6.76. The molecule has 0 bridgehead atoms. The van der Waals surface area contributed by atoms with E-state index in [9.17, 15) is 0 Å². The highest BCUT2D eigenvalue weighted by Gasteiger charge is 2.20. The van der Waals surface area contributed by atoms with Crippen molar-refractivity contribution in [1.82, 2.24) is 0 Å². The molecule has 2 nitrogen and oxygen atoms in total. The molecule has 0 fully saturated rings. The Bertz CT molecular complexity index is 3170. The number of rotatable bonds is 5. The Morgan fingerprint density at radius 1 is 0.377 bits per heavy atom. The van der Waals surface area contributed by atoms with Crippen LogP contribution >= 0.6 is 11.3 Å². The van der Waals surface area contributed by atoms with E-state index in [1.165, 1.54) is 58.4 Å². The van der Waals surface area contributed by atoms with Crippen LogP contribution in [-0.2, 0) is 0 Å². The molecule has 248 valence electrons. The van der Waals surface area contributed by atoms with Gasteiger partial charge in [-0.15, -0.1) is 11.3 Å². The average molecular weight is 694 g/mol. The van der Waals surface area contributed by atoms with Gasteiger partial charge in [0.05, 0.1) is 10.4 Å². The molecule has 0 radical (unpaired) electrons. The first-order chi connectivity index (χ1) is 26.3. The molecule has 53 heavy (non-hydrogen) atoms. The van der Waals surface area contributed by atoms with Crippen LogP contribution in [0.3, 0.4) is 0 Å². The Labute approximate surface area is 310 Å². The lowest BCUT2D eigenvalue weighted by Gasteiger charge is -2.26. The van der Waals surface area contributed by atoms with Crippen molar-refractivity contribution in [3.63, 3.8) is 0 Å². The number of benzene rings is 9. The van der Waals surface area contributed by atoms with Gasteiger partial charge in [0, 0.05) is 43.7 Å². The normalized spacial score (nSPS) is 11.8. The molecule has 2 heterocycles. The maximum absolute atomic E-state index is 6.77. The van der Waals surface area contributed by atoms with E-state index in [-0.39, 0.29) is 0 Å². The van der Waals surface area contributed by atoms with Crippen molar-refractivity contribution in [2.75, 3.05) is 4.90 Å². The third kappa shape index (κ3) is 4.86. The highest BCUT2D eigenvalue weighted by atomic mass is 32.1. The van der Waals surface area contributed by atoms with E-state index < -0.39 is 0 Å². The second kappa shape index (κ2) is 11.9. The topological polar surface area (TPSA) is 16.4 Å². The number of furan rings is 1. The third-order valence-electron chi connectivity index (χ3n) is 10.7. The fourth-order valence-corrected chi connectivity index (χ4v) is 9.34. The Morgan fingerprint density at radius 2 is 1.00 bits per heavy atom. The van der Waals surface area contributed by atoms with Crippen molar-refractivity contribution in [3.05, 3.63) is 188 Å². The SMILES string of the molecule is c1ccc(-c2ccc(N(c3ccc4c(c3)oc3cc(-c5cc6ccccc6c6ccccc56)ccc34)c3cccc4c3sc3ccccc34)cc2)cc1. The van der Waals surface area contributed by atoms with Crippen LogP contribution in [0.5, 0.6) is 0 Å². The third-order valence-corrected chi connectivity index (χ3v) is 11.9. The van der Waals surface area contributed by atoms with E-state index in [1.54, 1.807) is 0 Å². The van der Waals surface area contributed by atoms with Gasteiger partial charge in [0.25, 0.3) is 0 Å². The highest BCUT2D eigenvalue weighted by Crippen LogP contribution is 2.46. The van der Waals surface area contributed by atoms with Gasteiger partial charge < -0.3 is 9.32 Å². The number of hydrogen-bond donors (Lipinski definition) is 0. The summed E-state index contributed by atoms with van der Waals surface area (Å²) in [4.78, 5) is 2.38. The zero-order valence-electron chi connectivity index (χ0n) is 28.7. The molecule has 0 aliphatic heterocycles. The predicted molar refractivity (Wildman–Crippen MR) is 227 cm³/mol. The molecule has 0 saturated carbocycles. The Balaban J connectivity index is 1.08. The van der Waals surface area contributed by atoms with Gasteiger partial charge in [-0.3, -0.25) is 0 Å². The van der Waals surface area contributed by atoms with Crippen LogP contribution in [0.25, 0.3) is 85.9 Å². The summed E-state index contributed by atoms with van der Waals surface area (Å²) >= 11 is 1.85. The molecule has 0 atom stereocenters. The van der Waals surface area contributed by atoms with E-state index in [1.807, 2.05) is 11.3 Å². The van der Waals surface area contributed by atoms with Crippen molar-refractivity contribution in [1.29, 1.82) is 0 Å². The van der Waals surface area contributed by atoms with Gasteiger partial charge in [-0.1, -0.05) is 127 Å². The minimum Gasteiger partial charge on any atom is -0.456 e. The quantitative estimate of drug-likeness (QED) is 0.167. The summed E-state index contributed by atoms with van der Waals surface area (Å²) in [5.41, 5.74) is 9.81. The van der Waals surface area contributed by atoms with Crippen LogP contribution < -0.4 is 4.90 Å². The average Bonchev–Trinajstić information content (AvgIpc) is 3.79. The number of nitrogens with zero attached hydrogens (tertiary/aromatic N) is 1. The smallest absolute Gasteiger partial charge is 0.137 e. The first-order valence-corrected chi connectivity index (χ1v) is 18.8. The van der Waals surface area contributed by atoms with E-state index in [0.29, 0.717) is 0 Å². The molecule has 11 rings (SSSR count). The summed E-state index contributed by atoms with van der Waals surface area (Å²) in [5.74, 6) is 0. The van der Waals surface area contributed by atoms with Crippen molar-refractivity contribution >= 4 is 92.1 Å². The monoisotopic (exact) mass is 693 g/mol. The largest absolute Gasteiger partial charge is 0.456 e. The second-order valence-corrected chi connectivity index (χ2v) is 14.7. The van der Waals surface area contributed by atoms with E-state index in [0.717, 1.165) is 44.6 Å². The number of fused-ring (bicyclic) bond motifs is 9. The Morgan fingerprint density at radius 3 is 1.85 bits per heavy atom. The molecular weight excluding hydrogens is 663 g/mol. The second-order valence-electron chi connectivity index (χ2n) is 13.7. The van der Waals surface area contributed by atoms with Gasteiger partial charge in [-0.05, 0) is 98.4 Å². The fourth-order valence-electron chi connectivity index (χ4n) is 8.13. The number of anilines is 3. The van der Waals surface area contributed by atoms with Crippen molar-refractivity contribution in [3.8, 4) is 22.3 Å². The van der Waals surface area contributed by atoms with Crippen LogP contribution in [0.1, 0.15) is 0 Å². The molecule has 0 aliphatic rings. The molecule has 0 amide bonds. The molecular formula is C50H31NOS. The molecule has 2 aromatic heterocycles. The molecule has 0 N–H and O–H groups in total. The highest BCUT2D eigenvalue weighted by molar-refractivity contribution is 7.26. The van der Waals surface area contributed by atoms with Gasteiger partial charge in [0.2, 0.25) is 0 Å². The summed E-state index contributed by atoms with van der Waals surface area (Å²) in [6.07, 6.45) is 0. The van der Waals surface area contributed by atoms with Crippen molar-refractivity contribution < 1.29 is 4.42 Å². The zero-order valence-corrected chi connectivity index (χ0v) is 29.5. The maximum atomic E-state index is 6.77. The number of hydrogen-bond acceptors (Lipinski definition) is 3. The lowest BCUT2D eigenvalue weighted by molar-refractivity contribution is 0.669. The molecule has 0 saturated heterocycles. The maximum Gasteiger partial charge on any atom is 0.137 e. The van der Waals surface area contributed by atoms with Gasteiger partial charge in [-0.25, -0.2) is 0 Å². The van der Waals surface area contributed by atoms with Crippen LogP contribution in [0.15, 0.2) is 192 Å². The summed E-state index contributed by atoms with van der Waals surface area (Å²) in [7, 11) is 0. The van der Waals surface area contributed by atoms with Crippen molar-refractivity contribution in [2.24, 2.45) is 0 Å². The molecule has 0 aliphatic carbocycles. The summed E-state index contributed by atoms with van der Waals surface area (Å²) in [5, 5.41) is 9.80. The molecule has 3 heteroatoms. The minimum absolute atomic E-state index is 0.868. The van der Waals surface area contributed by atoms with E-state index >= 15 is 0 Å². The van der Waals surface area contributed by atoms with Gasteiger partial charge in [0.15, 0.2) is 0 Å². The minimum atomic E-state index is 0.868. The fraction of sp³-hybridized carbons (Fsp3) is 0. The van der Waals surface area contributed by atoms with E-state index in [4.69, 9.17) is 4.42 Å². The van der Waals surface area contributed by atoms with Gasteiger partial charge in [-0.2, -0.15) is 0 Å². The Hall–Kier alpha value is -6.68. The van der Waals surface area contributed by atoms with E-state index in [2.05, 4.69) is 193 Å². The van der Waals surface area contributed by atoms with Crippen LogP contribution in [0.2, 0.25) is 0 Å². The van der Waals surface area contributed by atoms with Crippen LogP contribution in [-0.4, -0.2) is 0 Å². The van der Waals surface area contributed by atoms with Crippen LogP contribution in [0.4, 0.5) is 17.1 Å². The zero-order chi connectivity index (χ0) is 34.9. The lowest BCUT2D eigenvalue weighted by Crippen LogP contribution is -2.10. The molecule has 9 aromatic carbocycles.